The van der Waals surface area contributed by atoms with Gasteiger partial charge in [0.25, 0.3) is 0 Å². The van der Waals surface area contributed by atoms with Gasteiger partial charge in [0.1, 0.15) is 11.5 Å². The average molecular weight is 523 g/mol. The van der Waals surface area contributed by atoms with Gasteiger partial charge in [0.2, 0.25) is 0 Å². The number of benzene rings is 7. The first-order valence-electron chi connectivity index (χ1n) is 14.0. The summed E-state index contributed by atoms with van der Waals surface area (Å²) in [6, 6.07) is 55.9. The molecule has 192 valence electrons. The van der Waals surface area contributed by atoms with Crippen molar-refractivity contribution in [2.24, 2.45) is 0 Å². The molecule has 0 fully saturated rings. The lowest BCUT2D eigenvalue weighted by molar-refractivity contribution is 0.603. The van der Waals surface area contributed by atoms with Crippen molar-refractivity contribution < 1.29 is 4.42 Å². The molecule has 1 nitrogen and oxygen atoms in total. The molecule has 0 spiro atoms. The van der Waals surface area contributed by atoms with E-state index in [1.54, 1.807) is 0 Å². The molecule has 8 rings (SSSR count). The molecule has 0 amide bonds. The van der Waals surface area contributed by atoms with Gasteiger partial charge in [-0.2, -0.15) is 0 Å². The maximum Gasteiger partial charge on any atom is 0.143 e. The molecule has 1 aromatic heterocycles. The van der Waals surface area contributed by atoms with Crippen molar-refractivity contribution in [1.82, 2.24) is 0 Å². The molecule has 0 radical (unpaired) electrons. The SMILES string of the molecule is c1ccc(-c2ccccc2-c2oc(-c3c4ccccc4c(-c4ccccc4)c4ccccc34)c3ccccc23)cc1. The van der Waals surface area contributed by atoms with Crippen molar-refractivity contribution in [3.05, 3.63) is 158 Å². The Morgan fingerprint density at radius 1 is 0.268 bits per heavy atom. The second-order valence-corrected chi connectivity index (χ2v) is 10.4. The van der Waals surface area contributed by atoms with Crippen LogP contribution in [0, 0.1) is 0 Å². The van der Waals surface area contributed by atoms with Crippen molar-refractivity contribution >= 4 is 32.3 Å². The number of rotatable bonds is 4. The van der Waals surface area contributed by atoms with Crippen molar-refractivity contribution in [3.8, 4) is 44.9 Å². The number of hydrogen-bond donors (Lipinski definition) is 0. The zero-order valence-electron chi connectivity index (χ0n) is 22.4. The van der Waals surface area contributed by atoms with E-state index in [1.165, 1.54) is 38.2 Å². The molecule has 41 heavy (non-hydrogen) atoms. The van der Waals surface area contributed by atoms with Crippen LogP contribution in [0.4, 0.5) is 0 Å². The molecule has 0 aliphatic heterocycles. The van der Waals surface area contributed by atoms with E-state index in [2.05, 4.69) is 158 Å². The van der Waals surface area contributed by atoms with Gasteiger partial charge in [0.15, 0.2) is 0 Å². The molecule has 0 aliphatic carbocycles. The maximum absolute atomic E-state index is 7.06. The predicted octanol–water partition coefficient (Wildman–Crippen LogP) is 11.4. The minimum absolute atomic E-state index is 0.898. The van der Waals surface area contributed by atoms with Crippen molar-refractivity contribution in [2.45, 2.75) is 0 Å². The predicted molar refractivity (Wildman–Crippen MR) is 173 cm³/mol. The maximum atomic E-state index is 7.06. The number of hydrogen-bond acceptors (Lipinski definition) is 1. The van der Waals surface area contributed by atoms with Gasteiger partial charge in [0, 0.05) is 21.9 Å². The minimum Gasteiger partial charge on any atom is -0.455 e. The van der Waals surface area contributed by atoms with E-state index in [0.717, 1.165) is 39.0 Å². The van der Waals surface area contributed by atoms with Crippen LogP contribution in [0.2, 0.25) is 0 Å². The van der Waals surface area contributed by atoms with Crippen LogP contribution in [0.15, 0.2) is 162 Å². The summed E-state index contributed by atoms with van der Waals surface area (Å²) in [5.41, 5.74) is 7.03. The fourth-order valence-corrected chi connectivity index (χ4v) is 6.32. The molecule has 7 aromatic carbocycles. The highest BCUT2D eigenvalue weighted by Gasteiger charge is 2.23. The molecule has 1 heterocycles. The normalized spacial score (nSPS) is 11.4. The molecular formula is C40H26O. The standard InChI is InChI=1S/C40H26O/c1-3-15-27(16-4-1)29-19-7-12-24-34(29)39-35-25-13-14-26-36(35)40(41-39)38-32-22-10-8-20-30(32)37(28-17-5-2-6-18-28)31-21-9-11-23-33(31)38/h1-26H. The van der Waals surface area contributed by atoms with Gasteiger partial charge in [-0.05, 0) is 43.8 Å². The average Bonchev–Trinajstić information content (AvgIpc) is 3.43. The summed E-state index contributed by atoms with van der Waals surface area (Å²) in [6.07, 6.45) is 0. The first-order chi connectivity index (χ1) is 20.4. The Balaban J connectivity index is 1.48. The third-order valence-corrected chi connectivity index (χ3v) is 8.10. The first-order valence-corrected chi connectivity index (χ1v) is 14.0. The molecular weight excluding hydrogens is 496 g/mol. The smallest absolute Gasteiger partial charge is 0.143 e. The highest BCUT2D eigenvalue weighted by Crippen LogP contribution is 2.48. The second kappa shape index (κ2) is 9.66. The van der Waals surface area contributed by atoms with E-state index in [-0.39, 0.29) is 0 Å². The minimum atomic E-state index is 0.898. The Labute approximate surface area is 238 Å². The van der Waals surface area contributed by atoms with Crippen molar-refractivity contribution in [2.75, 3.05) is 0 Å². The molecule has 1 heteroatoms. The van der Waals surface area contributed by atoms with Gasteiger partial charge in [-0.1, -0.05) is 158 Å². The summed E-state index contributed by atoms with van der Waals surface area (Å²) in [5, 5.41) is 7.05. The molecule has 0 atom stereocenters. The van der Waals surface area contributed by atoms with Crippen LogP contribution in [0.25, 0.3) is 77.2 Å². The summed E-state index contributed by atoms with van der Waals surface area (Å²) in [4.78, 5) is 0. The van der Waals surface area contributed by atoms with Crippen LogP contribution in [0.3, 0.4) is 0 Å². The summed E-state index contributed by atoms with van der Waals surface area (Å²) in [5.74, 6) is 1.81. The van der Waals surface area contributed by atoms with Gasteiger partial charge in [0.05, 0.1) is 0 Å². The van der Waals surface area contributed by atoms with E-state index < -0.39 is 0 Å². The summed E-state index contributed by atoms with van der Waals surface area (Å²) in [6.45, 7) is 0. The quantitative estimate of drug-likeness (QED) is 0.210. The van der Waals surface area contributed by atoms with Gasteiger partial charge in [-0.3, -0.25) is 0 Å². The zero-order chi connectivity index (χ0) is 27.2. The van der Waals surface area contributed by atoms with Crippen LogP contribution in [0.1, 0.15) is 0 Å². The number of furan rings is 1. The lowest BCUT2D eigenvalue weighted by atomic mass is 9.87. The Morgan fingerprint density at radius 2 is 0.659 bits per heavy atom. The highest BCUT2D eigenvalue weighted by atomic mass is 16.3. The molecule has 0 saturated heterocycles. The van der Waals surface area contributed by atoms with Crippen LogP contribution in [-0.2, 0) is 0 Å². The monoisotopic (exact) mass is 522 g/mol. The topological polar surface area (TPSA) is 13.1 Å². The van der Waals surface area contributed by atoms with Crippen LogP contribution < -0.4 is 0 Å². The first kappa shape index (κ1) is 23.5. The molecule has 0 aliphatic rings. The van der Waals surface area contributed by atoms with E-state index in [4.69, 9.17) is 4.42 Å². The Hall–Kier alpha value is -5.40. The molecule has 0 N–H and O–H groups in total. The molecule has 8 aromatic rings. The molecule has 0 unspecified atom stereocenters. The van der Waals surface area contributed by atoms with Gasteiger partial charge >= 0.3 is 0 Å². The fourth-order valence-electron chi connectivity index (χ4n) is 6.32. The Kier molecular flexibility index (Phi) is 5.53. The third-order valence-electron chi connectivity index (χ3n) is 8.10. The van der Waals surface area contributed by atoms with Gasteiger partial charge in [-0.25, -0.2) is 0 Å². The van der Waals surface area contributed by atoms with Crippen LogP contribution in [-0.4, -0.2) is 0 Å². The Bertz CT molecular complexity index is 2130. The van der Waals surface area contributed by atoms with Gasteiger partial charge < -0.3 is 4.42 Å². The van der Waals surface area contributed by atoms with Crippen LogP contribution >= 0.6 is 0 Å². The summed E-state index contributed by atoms with van der Waals surface area (Å²) < 4.78 is 7.06. The molecule has 0 bridgehead atoms. The third kappa shape index (κ3) is 3.78. The summed E-state index contributed by atoms with van der Waals surface area (Å²) in [7, 11) is 0. The van der Waals surface area contributed by atoms with E-state index in [0.29, 0.717) is 0 Å². The Morgan fingerprint density at radius 3 is 1.22 bits per heavy atom. The fraction of sp³-hybridized carbons (Fsp3) is 0. The lowest BCUT2D eigenvalue weighted by Crippen LogP contribution is -1.90. The van der Waals surface area contributed by atoms with E-state index in [1.807, 2.05) is 0 Å². The van der Waals surface area contributed by atoms with Crippen LogP contribution in [0.5, 0.6) is 0 Å². The van der Waals surface area contributed by atoms with E-state index >= 15 is 0 Å². The lowest BCUT2D eigenvalue weighted by Gasteiger charge is -2.16. The van der Waals surface area contributed by atoms with Gasteiger partial charge in [-0.15, -0.1) is 0 Å². The number of fused-ring (bicyclic) bond motifs is 3. The van der Waals surface area contributed by atoms with Crippen molar-refractivity contribution in [3.63, 3.8) is 0 Å². The zero-order valence-corrected chi connectivity index (χ0v) is 22.4. The summed E-state index contributed by atoms with van der Waals surface area (Å²) >= 11 is 0. The highest BCUT2D eigenvalue weighted by molar-refractivity contribution is 6.23. The van der Waals surface area contributed by atoms with Crippen molar-refractivity contribution in [1.29, 1.82) is 0 Å². The molecule has 0 saturated carbocycles. The van der Waals surface area contributed by atoms with E-state index in [9.17, 15) is 0 Å². The largest absolute Gasteiger partial charge is 0.455 e. The second-order valence-electron chi connectivity index (χ2n) is 10.4.